The lowest BCUT2D eigenvalue weighted by Crippen LogP contribution is -2.33. The van der Waals surface area contributed by atoms with Crippen LogP contribution in [0.3, 0.4) is 0 Å². The number of benzene rings is 2. The molecule has 34 heavy (non-hydrogen) atoms. The number of amides is 1. The van der Waals surface area contributed by atoms with E-state index in [-0.39, 0.29) is 12.5 Å². The van der Waals surface area contributed by atoms with Crippen molar-refractivity contribution in [3.8, 4) is 11.5 Å². The second-order valence-electron chi connectivity index (χ2n) is 8.14. The highest BCUT2D eigenvalue weighted by Crippen LogP contribution is 2.32. The first kappa shape index (κ1) is 24.8. The first-order chi connectivity index (χ1) is 16.4. The smallest absolute Gasteiger partial charge is 0.337 e. The topological polar surface area (TPSA) is 127 Å². The van der Waals surface area contributed by atoms with Crippen molar-refractivity contribution in [2.45, 2.75) is 6.42 Å². The van der Waals surface area contributed by atoms with Gasteiger partial charge in [-0.3, -0.25) is 4.79 Å². The van der Waals surface area contributed by atoms with Crippen molar-refractivity contribution in [1.82, 2.24) is 4.90 Å². The van der Waals surface area contributed by atoms with Crippen molar-refractivity contribution < 1.29 is 23.8 Å². The Morgan fingerprint density at radius 2 is 2.00 bits per heavy atom. The summed E-state index contributed by atoms with van der Waals surface area (Å²) in [6.07, 6.45) is 2.94. The summed E-state index contributed by atoms with van der Waals surface area (Å²) >= 11 is 0. The molecule has 0 spiro atoms. The van der Waals surface area contributed by atoms with Crippen molar-refractivity contribution >= 4 is 29.4 Å². The number of ether oxygens (including phenoxy) is 3. The SMILES string of the molecule is COC(=O)c1ccc2c(c1)CC(C(=O)Nc1ccc(/C(C=N)=C/N)cc1OCCN(C)C)CO2. The summed E-state index contributed by atoms with van der Waals surface area (Å²) in [4.78, 5) is 26.9. The highest BCUT2D eigenvalue weighted by molar-refractivity contribution is 6.08. The maximum Gasteiger partial charge on any atom is 0.337 e. The van der Waals surface area contributed by atoms with Crippen molar-refractivity contribution in [1.29, 1.82) is 5.41 Å². The van der Waals surface area contributed by atoms with Crippen LogP contribution < -0.4 is 20.5 Å². The predicted octanol–water partition coefficient (Wildman–Crippen LogP) is 2.55. The molecular weight excluding hydrogens is 436 g/mol. The normalized spacial score (nSPS) is 15.2. The lowest BCUT2D eigenvalue weighted by atomic mass is 9.94. The lowest BCUT2D eigenvalue weighted by molar-refractivity contribution is -0.121. The van der Waals surface area contributed by atoms with Crippen molar-refractivity contribution in [3.05, 3.63) is 59.3 Å². The number of anilines is 1. The van der Waals surface area contributed by atoms with Crippen molar-refractivity contribution in [2.75, 3.05) is 46.3 Å². The quantitative estimate of drug-likeness (QED) is 0.383. The Kier molecular flexibility index (Phi) is 8.26. The van der Waals surface area contributed by atoms with Crippen LogP contribution >= 0.6 is 0 Å². The first-order valence-corrected chi connectivity index (χ1v) is 10.9. The number of esters is 1. The second kappa shape index (κ2) is 11.3. The third-order valence-electron chi connectivity index (χ3n) is 5.46. The predicted molar refractivity (Wildman–Crippen MR) is 131 cm³/mol. The van der Waals surface area contributed by atoms with E-state index in [4.69, 9.17) is 25.4 Å². The zero-order valence-electron chi connectivity index (χ0n) is 19.6. The summed E-state index contributed by atoms with van der Waals surface area (Å²) in [6, 6.07) is 10.3. The number of nitrogens with zero attached hydrogens (tertiary/aromatic N) is 1. The second-order valence-corrected chi connectivity index (χ2v) is 8.14. The summed E-state index contributed by atoms with van der Waals surface area (Å²) in [5, 5.41) is 10.5. The molecule has 1 heterocycles. The molecule has 9 heteroatoms. The van der Waals surface area contributed by atoms with E-state index in [0.717, 1.165) is 11.8 Å². The minimum Gasteiger partial charge on any atom is -0.492 e. The average molecular weight is 467 g/mol. The molecule has 0 saturated carbocycles. The Labute approximate surface area is 199 Å². The lowest BCUT2D eigenvalue weighted by Gasteiger charge is -2.25. The number of methoxy groups -OCH3 is 1. The molecule has 1 atom stereocenters. The van der Waals surface area contributed by atoms with Gasteiger partial charge in [0.05, 0.1) is 24.3 Å². The van der Waals surface area contributed by atoms with Gasteiger partial charge in [0.1, 0.15) is 24.7 Å². The van der Waals surface area contributed by atoms with E-state index in [2.05, 4.69) is 5.32 Å². The molecule has 9 nitrogen and oxygen atoms in total. The van der Waals surface area contributed by atoms with Crippen LogP contribution in [0.2, 0.25) is 0 Å². The van der Waals surface area contributed by atoms with Crippen molar-refractivity contribution in [2.24, 2.45) is 11.7 Å². The number of hydrogen-bond acceptors (Lipinski definition) is 8. The standard InChI is InChI=1S/C25H30N4O5/c1-29(2)8-9-33-23-12-16(20(13-26)14-27)4-6-21(23)28-24(30)19-11-18-10-17(25(31)32-3)5-7-22(18)34-15-19/h4-7,10,12-14,19,26H,8-9,11,15,27H2,1-3H3,(H,28,30)/b20-14+,26-13?. The molecule has 2 aromatic carbocycles. The van der Waals surface area contributed by atoms with Gasteiger partial charge in [-0.15, -0.1) is 0 Å². The number of carbonyl (C=O) groups is 2. The highest BCUT2D eigenvalue weighted by atomic mass is 16.5. The number of nitrogens with two attached hydrogens (primary N) is 1. The van der Waals surface area contributed by atoms with Gasteiger partial charge in [-0.1, -0.05) is 6.07 Å². The largest absolute Gasteiger partial charge is 0.492 e. The summed E-state index contributed by atoms with van der Waals surface area (Å²) < 4.78 is 16.5. The van der Waals surface area contributed by atoms with E-state index in [1.165, 1.54) is 13.3 Å². The molecule has 1 aliphatic heterocycles. The van der Waals surface area contributed by atoms with Gasteiger partial charge in [0, 0.05) is 24.5 Å². The summed E-state index contributed by atoms with van der Waals surface area (Å²) in [6.45, 7) is 1.33. The van der Waals surface area contributed by atoms with Gasteiger partial charge < -0.3 is 35.6 Å². The molecule has 2 aromatic rings. The molecule has 0 saturated heterocycles. The third kappa shape index (κ3) is 5.93. The van der Waals surface area contributed by atoms with E-state index in [1.54, 1.807) is 36.4 Å². The van der Waals surface area contributed by atoms with Crippen LogP contribution in [0.25, 0.3) is 5.57 Å². The fraction of sp³-hybridized carbons (Fsp3) is 0.320. The molecule has 0 aliphatic carbocycles. The van der Waals surface area contributed by atoms with Gasteiger partial charge in [0.25, 0.3) is 0 Å². The zero-order valence-corrected chi connectivity index (χ0v) is 19.6. The Morgan fingerprint density at radius 1 is 1.24 bits per heavy atom. The van der Waals surface area contributed by atoms with Crippen LogP contribution in [-0.2, 0) is 16.0 Å². The Bertz CT molecular complexity index is 1100. The molecule has 1 amide bonds. The van der Waals surface area contributed by atoms with E-state index in [9.17, 15) is 9.59 Å². The van der Waals surface area contributed by atoms with E-state index < -0.39 is 11.9 Å². The number of likely N-dealkylation sites (N-methyl/N-ethyl adjacent to an activating group) is 1. The van der Waals surface area contributed by atoms with Gasteiger partial charge in [-0.05, 0) is 62.0 Å². The molecule has 0 aromatic heterocycles. The van der Waals surface area contributed by atoms with Crippen molar-refractivity contribution in [3.63, 3.8) is 0 Å². The molecule has 4 N–H and O–H groups in total. The molecular formula is C25H30N4O5. The van der Waals surface area contributed by atoms with Crippen LogP contribution in [0.4, 0.5) is 5.69 Å². The molecule has 1 aliphatic rings. The number of rotatable bonds is 9. The summed E-state index contributed by atoms with van der Waals surface area (Å²) in [5.74, 6) is 0.0297. The van der Waals surface area contributed by atoms with Crippen LogP contribution in [0.15, 0.2) is 42.6 Å². The fourth-order valence-electron chi connectivity index (χ4n) is 3.53. The van der Waals surface area contributed by atoms with Gasteiger partial charge in [-0.2, -0.15) is 0 Å². The van der Waals surface area contributed by atoms with Gasteiger partial charge in [0.15, 0.2) is 0 Å². The molecule has 1 unspecified atom stereocenters. The number of carbonyl (C=O) groups excluding carboxylic acids is 2. The zero-order chi connectivity index (χ0) is 24.7. The molecule has 0 fully saturated rings. The minimum atomic E-state index is -0.448. The number of fused-ring (bicyclic) bond motifs is 1. The summed E-state index contributed by atoms with van der Waals surface area (Å²) in [5.41, 5.74) is 8.57. The van der Waals surface area contributed by atoms with Gasteiger partial charge in [-0.25, -0.2) is 4.79 Å². The number of nitrogens with one attached hydrogen (secondary N) is 2. The maximum absolute atomic E-state index is 13.1. The van der Waals surface area contributed by atoms with Crippen LogP contribution in [-0.4, -0.2) is 64.0 Å². The average Bonchev–Trinajstić information content (AvgIpc) is 2.84. The number of hydrogen-bond donors (Lipinski definition) is 3. The summed E-state index contributed by atoms with van der Waals surface area (Å²) in [7, 11) is 5.21. The van der Waals surface area contributed by atoms with Crippen LogP contribution in [0.1, 0.15) is 21.5 Å². The van der Waals surface area contributed by atoms with E-state index >= 15 is 0 Å². The molecule has 180 valence electrons. The fourth-order valence-corrected chi connectivity index (χ4v) is 3.53. The first-order valence-electron chi connectivity index (χ1n) is 10.9. The Balaban J connectivity index is 1.79. The molecule has 0 radical (unpaired) electrons. The molecule has 3 rings (SSSR count). The highest BCUT2D eigenvalue weighted by Gasteiger charge is 2.27. The maximum atomic E-state index is 13.1. The monoisotopic (exact) mass is 466 g/mol. The van der Waals surface area contributed by atoms with Crippen LogP contribution in [0.5, 0.6) is 11.5 Å². The van der Waals surface area contributed by atoms with Crippen LogP contribution in [0, 0.1) is 11.3 Å². The number of allylic oxidation sites excluding steroid dienone is 1. The Hall–Kier alpha value is -3.85. The molecule has 0 bridgehead atoms. The van der Waals surface area contributed by atoms with Gasteiger partial charge in [0.2, 0.25) is 5.91 Å². The van der Waals surface area contributed by atoms with E-state index in [0.29, 0.717) is 53.5 Å². The minimum absolute atomic E-state index is 0.221. The Morgan fingerprint density at radius 3 is 2.68 bits per heavy atom. The van der Waals surface area contributed by atoms with E-state index in [1.807, 2.05) is 19.0 Å². The third-order valence-corrected chi connectivity index (χ3v) is 5.46. The van der Waals surface area contributed by atoms with Gasteiger partial charge >= 0.3 is 5.97 Å².